The number of hydrogen-bond donors (Lipinski definition) is 1. The van der Waals surface area contributed by atoms with E-state index in [4.69, 9.17) is 9.47 Å². The van der Waals surface area contributed by atoms with Crippen LogP contribution in [0.2, 0.25) is 0 Å². The number of nitrogens with one attached hydrogen (secondary N) is 1. The average Bonchev–Trinajstić information content (AvgIpc) is 3.04. The lowest BCUT2D eigenvalue weighted by Crippen LogP contribution is -2.52. The van der Waals surface area contributed by atoms with Crippen LogP contribution in [-0.2, 0) is 4.79 Å². The first kappa shape index (κ1) is 18.9. The molecule has 7 heteroatoms. The Morgan fingerprint density at radius 1 is 1.31 bits per heavy atom. The van der Waals surface area contributed by atoms with Gasteiger partial charge in [-0.2, -0.15) is 0 Å². The SMILES string of the molecule is CCCCNC(=O)[C@@H]1N2C(=O)c3c(ccc(OC)c3OC)[C@@H]2SC1(C)C. The molecule has 0 bridgehead atoms. The second-order valence-electron chi connectivity index (χ2n) is 7.10. The topological polar surface area (TPSA) is 67.9 Å². The summed E-state index contributed by atoms with van der Waals surface area (Å²) in [7, 11) is 3.08. The van der Waals surface area contributed by atoms with E-state index in [1.165, 1.54) is 7.11 Å². The van der Waals surface area contributed by atoms with Gasteiger partial charge in [-0.1, -0.05) is 19.4 Å². The molecule has 1 aromatic carbocycles. The van der Waals surface area contributed by atoms with Crippen LogP contribution < -0.4 is 14.8 Å². The third kappa shape index (κ3) is 2.82. The fourth-order valence-corrected chi connectivity index (χ4v) is 5.32. The normalized spacial score (nSPS) is 22.8. The molecular formula is C19H26N2O4S. The lowest BCUT2D eigenvalue weighted by molar-refractivity contribution is -0.126. The highest BCUT2D eigenvalue weighted by atomic mass is 32.2. The molecule has 0 saturated carbocycles. The third-order valence-electron chi connectivity index (χ3n) is 4.97. The summed E-state index contributed by atoms with van der Waals surface area (Å²) in [5.74, 6) is 0.696. The van der Waals surface area contributed by atoms with Gasteiger partial charge in [-0.15, -0.1) is 11.8 Å². The molecule has 2 heterocycles. The van der Waals surface area contributed by atoms with Crippen LogP contribution in [-0.4, -0.2) is 48.3 Å². The first-order valence-electron chi connectivity index (χ1n) is 8.90. The standard InChI is InChI=1S/C19H26N2O4S/c1-6-7-10-20-16(22)15-19(2,3)26-18-11-8-9-12(24-4)14(25-5)13(11)17(23)21(15)18/h8-9,15,18H,6-7,10H2,1-5H3,(H,20,22)/t15-,18-/m0/s1. The summed E-state index contributed by atoms with van der Waals surface area (Å²) in [6, 6.07) is 3.20. The minimum absolute atomic E-state index is 0.0921. The van der Waals surface area contributed by atoms with Crippen molar-refractivity contribution in [1.29, 1.82) is 0 Å². The maximum atomic E-state index is 13.3. The van der Waals surface area contributed by atoms with Gasteiger partial charge in [0.05, 0.1) is 19.8 Å². The monoisotopic (exact) mass is 378 g/mol. The lowest BCUT2D eigenvalue weighted by Gasteiger charge is -2.29. The van der Waals surface area contributed by atoms with Crippen molar-refractivity contribution in [2.45, 2.75) is 49.8 Å². The molecule has 2 atom stereocenters. The van der Waals surface area contributed by atoms with Crippen LogP contribution in [0.15, 0.2) is 12.1 Å². The summed E-state index contributed by atoms with van der Waals surface area (Å²) in [6.45, 7) is 6.75. The number of carbonyl (C=O) groups is 2. The molecule has 1 N–H and O–H groups in total. The highest BCUT2D eigenvalue weighted by Crippen LogP contribution is 2.58. The van der Waals surface area contributed by atoms with Crippen LogP contribution in [0.3, 0.4) is 0 Å². The molecule has 0 aliphatic carbocycles. The van der Waals surface area contributed by atoms with Gasteiger partial charge in [0.25, 0.3) is 5.91 Å². The second-order valence-corrected chi connectivity index (χ2v) is 8.83. The number of methoxy groups -OCH3 is 2. The van der Waals surface area contributed by atoms with Crippen molar-refractivity contribution in [3.8, 4) is 11.5 Å². The van der Waals surface area contributed by atoms with Gasteiger partial charge in [0.1, 0.15) is 11.4 Å². The van der Waals surface area contributed by atoms with Crippen LogP contribution >= 0.6 is 11.8 Å². The molecule has 1 saturated heterocycles. The highest BCUT2D eigenvalue weighted by molar-refractivity contribution is 8.01. The number of thioether (sulfide) groups is 1. The molecule has 26 heavy (non-hydrogen) atoms. The van der Waals surface area contributed by atoms with Gasteiger partial charge in [-0.05, 0) is 26.3 Å². The quantitative estimate of drug-likeness (QED) is 0.771. The van der Waals surface area contributed by atoms with Gasteiger partial charge in [0.2, 0.25) is 5.91 Å². The van der Waals surface area contributed by atoms with E-state index >= 15 is 0 Å². The van der Waals surface area contributed by atoms with E-state index in [0.717, 1.165) is 18.4 Å². The Labute approximate surface area is 158 Å². The van der Waals surface area contributed by atoms with E-state index < -0.39 is 6.04 Å². The molecule has 0 aromatic heterocycles. The predicted octanol–water partition coefficient (Wildman–Crippen LogP) is 2.97. The molecular weight excluding hydrogens is 352 g/mol. The maximum absolute atomic E-state index is 13.3. The van der Waals surface area contributed by atoms with E-state index in [1.54, 1.807) is 23.8 Å². The number of carbonyl (C=O) groups excluding carboxylic acids is 2. The molecule has 2 aliphatic heterocycles. The Balaban J connectivity index is 1.98. The molecule has 6 nitrogen and oxygen atoms in total. The second kappa shape index (κ2) is 7.02. The van der Waals surface area contributed by atoms with E-state index in [1.807, 2.05) is 26.0 Å². The van der Waals surface area contributed by atoms with Gasteiger partial charge in [-0.3, -0.25) is 9.59 Å². The number of amides is 2. The van der Waals surface area contributed by atoms with Crippen molar-refractivity contribution in [3.63, 3.8) is 0 Å². The minimum Gasteiger partial charge on any atom is -0.493 e. The number of benzene rings is 1. The number of hydrogen-bond acceptors (Lipinski definition) is 5. The van der Waals surface area contributed by atoms with Crippen molar-refractivity contribution >= 4 is 23.6 Å². The summed E-state index contributed by atoms with van der Waals surface area (Å²) >= 11 is 1.64. The van der Waals surface area contributed by atoms with Crippen LogP contribution in [0.25, 0.3) is 0 Å². The predicted molar refractivity (Wildman–Crippen MR) is 102 cm³/mol. The lowest BCUT2D eigenvalue weighted by atomic mass is 10.0. The number of nitrogens with zero attached hydrogens (tertiary/aromatic N) is 1. The van der Waals surface area contributed by atoms with Gasteiger partial charge >= 0.3 is 0 Å². The Morgan fingerprint density at radius 3 is 2.65 bits per heavy atom. The van der Waals surface area contributed by atoms with Crippen molar-refractivity contribution in [2.75, 3.05) is 20.8 Å². The zero-order valence-electron chi connectivity index (χ0n) is 15.9. The van der Waals surface area contributed by atoms with E-state index in [9.17, 15) is 9.59 Å². The maximum Gasteiger partial charge on any atom is 0.260 e. The van der Waals surface area contributed by atoms with Crippen molar-refractivity contribution in [3.05, 3.63) is 23.3 Å². The van der Waals surface area contributed by atoms with E-state index in [-0.39, 0.29) is 21.9 Å². The molecule has 3 rings (SSSR count). The number of fused-ring (bicyclic) bond motifs is 3. The molecule has 2 aliphatic rings. The number of rotatable bonds is 6. The first-order valence-corrected chi connectivity index (χ1v) is 9.78. The highest BCUT2D eigenvalue weighted by Gasteiger charge is 2.58. The van der Waals surface area contributed by atoms with Crippen molar-refractivity contribution < 1.29 is 19.1 Å². The zero-order chi connectivity index (χ0) is 19.1. The molecule has 2 amide bonds. The van der Waals surface area contributed by atoms with Crippen LogP contribution in [0.5, 0.6) is 11.5 Å². The zero-order valence-corrected chi connectivity index (χ0v) is 16.7. The Bertz CT molecular complexity index is 734. The minimum atomic E-state index is -0.523. The Morgan fingerprint density at radius 2 is 2.04 bits per heavy atom. The Kier molecular flexibility index (Phi) is 5.10. The van der Waals surface area contributed by atoms with E-state index in [0.29, 0.717) is 23.6 Å². The van der Waals surface area contributed by atoms with E-state index in [2.05, 4.69) is 12.2 Å². The number of ether oxygens (including phenoxy) is 2. The fraction of sp³-hybridized carbons (Fsp3) is 0.579. The van der Waals surface area contributed by atoms with Crippen LogP contribution in [0.4, 0.5) is 0 Å². The molecule has 0 radical (unpaired) electrons. The third-order valence-corrected chi connectivity index (χ3v) is 6.51. The molecule has 142 valence electrons. The largest absolute Gasteiger partial charge is 0.493 e. The molecule has 0 spiro atoms. The smallest absolute Gasteiger partial charge is 0.260 e. The van der Waals surface area contributed by atoms with Crippen LogP contribution in [0, 0.1) is 0 Å². The van der Waals surface area contributed by atoms with Gasteiger partial charge in [0.15, 0.2) is 11.5 Å². The fourth-order valence-electron chi connectivity index (χ4n) is 3.74. The molecule has 1 fully saturated rings. The first-order chi connectivity index (χ1) is 12.4. The van der Waals surface area contributed by atoms with Gasteiger partial charge < -0.3 is 19.7 Å². The Hall–Kier alpha value is -1.89. The number of unbranched alkanes of at least 4 members (excludes halogenated alkanes) is 1. The van der Waals surface area contributed by atoms with Crippen molar-refractivity contribution in [1.82, 2.24) is 10.2 Å². The summed E-state index contributed by atoms with van der Waals surface area (Å²) in [5, 5.41) is 2.80. The van der Waals surface area contributed by atoms with Crippen molar-refractivity contribution in [2.24, 2.45) is 0 Å². The summed E-state index contributed by atoms with van der Waals surface area (Å²) in [4.78, 5) is 27.8. The summed E-state index contributed by atoms with van der Waals surface area (Å²) in [5.41, 5.74) is 1.39. The molecule has 0 unspecified atom stereocenters. The van der Waals surface area contributed by atoms with Gasteiger partial charge in [0, 0.05) is 16.9 Å². The summed E-state index contributed by atoms with van der Waals surface area (Å²) < 4.78 is 10.4. The molecule has 1 aromatic rings. The van der Waals surface area contributed by atoms with Crippen LogP contribution in [0.1, 0.15) is 54.9 Å². The van der Waals surface area contributed by atoms with Gasteiger partial charge in [-0.25, -0.2) is 0 Å². The average molecular weight is 378 g/mol. The summed E-state index contributed by atoms with van der Waals surface area (Å²) in [6.07, 6.45) is 1.94.